The second kappa shape index (κ2) is 3.09. The standard InChI is InChI=1S/C6H10Cl2O/c7-4-6(5-8)2-1-3-9-6/h1-5H2. The first-order valence-electron chi connectivity index (χ1n) is 3.09. The second-order valence-electron chi connectivity index (χ2n) is 2.40. The number of halogens is 2. The number of rotatable bonds is 2. The Labute approximate surface area is 65.3 Å². The highest BCUT2D eigenvalue weighted by Crippen LogP contribution is 2.27. The van der Waals surface area contributed by atoms with Gasteiger partial charge in [-0.05, 0) is 12.8 Å². The van der Waals surface area contributed by atoms with Crippen molar-refractivity contribution < 1.29 is 4.74 Å². The first-order chi connectivity index (χ1) is 4.33. The van der Waals surface area contributed by atoms with E-state index in [1.54, 1.807) is 0 Å². The van der Waals surface area contributed by atoms with Crippen LogP contribution >= 0.6 is 23.2 Å². The average Bonchev–Trinajstić information content (AvgIpc) is 2.36. The molecule has 1 heterocycles. The van der Waals surface area contributed by atoms with E-state index in [0.29, 0.717) is 11.8 Å². The van der Waals surface area contributed by atoms with E-state index in [-0.39, 0.29) is 5.60 Å². The Morgan fingerprint density at radius 2 is 2.00 bits per heavy atom. The number of hydrogen-bond acceptors (Lipinski definition) is 1. The number of hydrogen-bond donors (Lipinski definition) is 0. The molecule has 1 nitrogen and oxygen atoms in total. The highest BCUT2D eigenvalue weighted by atomic mass is 35.5. The van der Waals surface area contributed by atoms with Crippen LogP contribution in [0.5, 0.6) is 0 Å². The van der Waals surface area contributed by atoms with Gasteiger partial charge in [-0.25, -0.2) is 0 Å². The van der Waals surface area contributed by atoms with Crippen LogP contribution in [0.2, 0.25) is 0 Å². The van der Waals surface area contributed by atoms with Crippen molar-refractivity contribution in [2.75, 3.05) is 18.4 Å². The van der Waals surface area contributed by atoms with E-state index in [1.165, 1.54) is 0 Å². The van der Waals surface area contributed by atoms with Crippen LogP contribution in [0, 0.1) is 0 Å². The Balaban J connectivity index is 2.45. The summed E-state index contributed by atoms with van der Waals surface area (Å²) in [6, 6.07) is 0. The van der Waals surface area contributed by atoms with Crippen LogP contribution in [0.1, 0.15) is 12.8 Å². The number of ether oxygens (including phenoxy) is 1. The van der Waals surface area contributed by atoms with E-state index in [2.05, 4.69) is 0 Å². The van der Waals surface area contributed by atoms with Gasteiger partial charge in [-0.1, -0.05) is 0 Å². The van der Waals surface area contributed by atoms with Gasteiger partial charge >= 0.3 is 0 Å². The molecule has 9 heavy (non-hydrogen) atoms. The van der Waals surface area contributed by atoms with E-state index in [0.717, 1.165) is 19.4 Å². The first-order valence-corrected chi connectivity index (χ1v) is 4.16. The van der Waals surface area contributed by atoms with Crippen molar-refractivity contribution in [3.8, 4) is 0 Å². The minimum Gasteiger partial charge on any atom is -0.373 e. The smallest absolute Gasteiger partial charge is 0.0952 e. The average molecular weight is 169 g/mol. The fourth-order valence-corrected chi connectivity index (χ4v) is 1.71. The summed E-state index contributed by atoms with van der Waals surface area (Å²) in [5.41, 5.74) is -0.191. The summed E-state index contributed by atoms with van der Waals surface area (Å²) >= 11 is 11.3. The van der Waals surface area contributed by atoms with Gasteiger partial charge in [-0.2, -0.15) is 0 Å². The Bertz CT molecular complexity index is 83.1. The van der Waals surface area contributed by atoms with Gasteiger partial charge in [0.25, 0.3) is 0 Å². The summed E-state index contributed by atoms with van der Waals surface area (Å²) in [7, 11) is 0. The lowest BCUT2D eigenvalue weighted by atomic mass is 10.1. The van der Waals surface area contributed by atoms with Gasteiger partial charge < -0.3 is 4.74 Å². The molecule has 0 aliphatic carbocycles. The molecule has 0 N–H and O–H groups in total. The van der Waals surface area contributed by atoms with Crippen LogP contribution in [0.25, 0.3) is 0 Å². The van der Waals surface area contributed by atoms with E-state index in [1.807, 2.05) is 0 Å². The SMILES string of the molecule is ClCC1(CCl)CCCO1. The molecule has 0 unspecified atom stereocenters. The predicted molar refractivity (Wildman–Crippen MR) is 39.4 cm³/mol. The molecule has 0 aromatic heterocycles. The maximum Gasteiger partial charge on any atom is 0.0952 e. The summed E-state index contributed by atoms with van der Waals surface area (Å²) < 4.78 is 5.38. The maximum atomic E-state index is 5.66. The summed E-state index contributed by atoms with van der Waals surface area (Å²) in [6.07, 6.45) is 2.11. The molecule has 0 aromatic carbocycles. The quantitative estimate of drug-likeness (QED) is 0.574. The monoisotopic (exact) mass is 168 g/mol. The molecule has 0 saturated carbocycles. The predicted octanol–water partition coefficient (Wildman–Crippen LogP) is 2.01. The van der Waals surface area contributed by atoms with Crippen LogP contribution in [-0.4, -0.2) is 24.0 Å². The Hall–Kier alpha value is 0.540. The van der Waals surface area contributed by atoms with Crippen LogP contribution in [0.15, 0.2) is 0 Å². The van der Waals surface area contributed by atoms with Crippen molar-refractivity contribution in [2.24, 2.45) is 0 Å². The molecule has 0 atom stereocenters. The van der Waals surface area contributed by atoms with Gasteiger partial charge in [0.15, 0.2) is 0 Å². The van der Waals surface area contributed by atoms with Gasteiger partial charge in [0.05, 0.1) is 17.4 Å². The van der Waals surface area contributed by atoms with Crippen molar-refractivity contribution >= 4 is 23.2 Å². The fourth-order valence-electron chi connectivity index (χ4n) is 1.00. The minimum absolute atomic E-state index is 0.191. The molecule has 3 heteroatoms. The molecule has 1 saturated heterocycles. The van der Waals surface area contributed by atoms with Crippen LogP contribution in [0.3, 0.4) is 0 Å². The molecule has 0 bridgehead atoms. The van der Waals surface area contributed by atoms with Crippen LogP contribution in [0.4, 0.5) is 0 Å². The lowest BCUT2D eigenvalue weighted by Gasteiger charge is -2.21. The lowest BCUT2D eigenvalue weighted by Crippen LogP contribution is -2.31. The van der Waals surface area contributed by atoms with Gasteiger partial charge in [0.2, 0.25) is 0 Å². The summed E-state index contributed by atoms with van der Waals surface area (Å²) in [4.78, 5) is 0. The molecular weight excluding hydrogens is 159 g/mol. The second-order valence-corrected chi connectivity index (χ2v) is 2.94. The van der Waals surface area contributed by atoms with E-state index < -0.39 is 0 Å². The van der Waals surface area contributed by atoms with Gasteiger partial charge in [0.1, 0.15) is 0 Å². The molecule has 54 valence electrons. The van der Waals surface area contributed by atoms with E-state index in [4.69, 9.17) is 27.9 Å². The van der Waals surface area contributed by atoms with Gasteiger partial charge in [-0.3, -0.25) is 0 Å². The third-order valence-corrected chi connectivity index (χ3v) is 2.65. The topological polar surface area (TPSA) is 9.23 Å². The first kappa shape index (κ1) is 7.64. The van der Waals surface area contributed by atoms with Crippen molar-refractivity contribution in [2.45, 2.75) is 18.4 Å². The van der Waals surface area contributed by atoms with Gasteiger partial charge in [-0.15, -0.1) is 23.2 Å². The summed E-state index contributed by atoms with van der Waals surface area (Å²) in [6.45, 7) is 0.819. The summed E-state index contributed by atoms with van der Waals surface area (Å²) in [5.74, 6) is 1.05. The molecule has 0 radical (unpaired) electrons. The normalized spacial score (nSPS) is 24.7. The molecule has 1 aliphatic heterocycles. The zero-order valence-corrected chi connectivity index (χ0v) is 6.71. The Morgan fingerprint density at radius 1 is 1.33 bits per heavy atom. The minimum atomic E-state index is -0.191. The van der Waals surface area contributed by atoms with Crippen molar-refractivity contribution in [3.63, 3.8) is 0 Å². The van der Waals surface area contributed by atoms with E-state index >= 15 is 0 Å². The Kier molecular flexibility index (Phi) is 2.62. The molecular formula is C6H10Cl2O. The zero-order valence-electron chi connectivity index (χ0n) is 5.20. The molecule has 0 amide bonds. The number of alkyl halides is 2. The van der Waals surface area contributed by atoms with Crippen molar-refractivity contribution in [1.29, 1.82) is 0 Å². The fraction of sp³-hybridized carbons (Fsp3) is 1.00. The third kappa shape index (κ3) is 1.51. The van der Waals surface area contributed by atoms with Crippen LogP contribution < -0.4 is 0 Å². The molecule has 0 aromatic rings. The molecule has 1 fully saturated rings. The molecule has 1 rings (SSSR count). The third-order valence-electron chi connectivity index (χ3n) is 1.67. The highest BCUT2D eigenvalue weighted by Gasteiger charge is 2.32. The maximum absolute atomic E-state index is 5.66. The molecule has 1 aliphatic rings. The van der Waals surface area contributed by atoms with Crippen LogP contribution in [-0.2, 0) is 4.74 Å². The van der Waals surface area contributed by atoms with Gasteiger partial charge in [0, 0.05) is 6.61 Å². The Morgan fingerprint density at radius 3 is 2.22 bits per heavy atom. The van der Waals surface area contributed by atoms with Crippen molar-refractivity contribution in [1.82, 2.24) is 0 Å². The highest BCUT2D eigenvalue weighted by molar-refractivity contribution is 6.21. The zero-order chi connectivity index (χ0) is 6.74. The largest absolute Gasteiger partial charge is 0.373 e. The summed E-state index contributed by atoms with van der Waals surface area (Å²) in [5, 5.41) is 0. The lowest BCUT2D eigenvalue weighted by molar-refractivity contribution is 0.0426. The van der Waals surface area contributed by atoms with Crippen molar-refractivity contribution in [3.05, 3.63) is 0 Å². The molecule has 0 spiro atoms. The van der Waals surface area contributed by atoms with E-state index in [9.17, 15) is 0 Å².